The third-order valence-electron chi connectivity index (χ3n) is 2.49. The van der Waals surface area contributed by atoms with E-state index in [4.69, 9.17) is 16.3 Å². The summed E-state index contributed by atoms with van der Waals surface area (Å²) in [4.78, 5) is -0.181. The zero-order valence-electron chi connectivity index (χ0n) is 9.01. The lowest BCUT2D eigenvalue weighted by Crippen LogP contribution is -2.25. The van der Waals surface area contributed by atoms with Crippen LogP contribution in [0.5, 0.6) is 0 Å². The molecule has 4 heteroatoms. The van der Waals surface area contributed by atoms with Gasteiger partial charge in [-0.2, -0.15) is 0 Å². The molecule has 0 radical (unpaired) electrons. The number of rotatable bonds is 3. The molecular weight excluding hydrogens is 303 g/mol. The molecule has 1 aromatic rings. The van der Waals surface area contributed by atoms with E-state index < -0.39 is 0 Å². The smallest absolute Gasteiger partial charge is 0.109 e. The molecular formula is C13H12BrClO2. The summed E-state index contributed by atoms with van der Waals surface area (Å²) in [5.41, 5.74) is 1.05. The highest BCUT2D eigenvalue weighted by atomic mass is 79.9. The summed E-state index contributed by atoms with van der Waals surface area (Å²) in [7, 11) is 0. The topological polar surface area (TPSA) is 29.5 Å². The van der Waals surface area contributed by atoms with Crippen LogP contribution in [-0.2, 0) is 11.3 Å². The molecule has 90 valence electrons. The van der Waals surface area contributed by atoms with E-state index in [9.17, 15) is 5.11 Å². The molecule has 0 spiro atoms. The van der Waals surface area contributed by atoms with Crippen LogP contribution in [0.2, 0.25) is 5.02 Å². The van der Waals surface area contributed by atoms with Gasteiger partial charge in [-0.15, -0.1) is 0 Å². The van der Waals surface area contributed by atoms with Crippen LogP contribution in [0.3, 0.4) is 0 Å². The molecule has 0 aromatic heterocycles. The number of hydrogen-bond acceptors (Lipinski definition) is 2. The van der Waals surface area contributed by atoms with Gasteiger partial charge in [-0.1, -0.05) is 51.8 Å². The molecule has 0 bridgehead atoms. The first-order chi connectivity index (χ1) is 8.16. The van der Waals surface area contributed by atoms with Crippen LogP contribution in [0.25, 0.3) is 0 Å². The largest absolute Gasteiger partial charge is 0.511 e. The van der Waals surface area contributed by atoms with E-state index in [0.717, 1.165) is 5.56 Å². The van der Waals surface area contributed by atoms with Crippen LogP contribution < -0.4 is 0 Å². The number of benzene rings is 1. The van der Waals surface area contributed by atoms with Crippen LogP contribution in [0.4, 0.5) is 0 Å². The summed E-state index contributed by atoms with van der Waals surface area (Å²) in [5.74, 6) is 0.286. The summed E-state index contributed by atoms with van der Waals surface area (Å²) in [6.07, 6.45) is 5.20. The lowest BCUT2D eigenvalue weighted by Gasteiger charge is -2.22. The summed E-state index contributed by atoms with van der Waals surface area (Å²) >= 11 is 9.19. The Kier molecular flexibility index (Phi) is 4.26. The molecule has 0 aliphatic heterocycles. The van der Waals surface area contributed by atoms with Gasteiger partial charge in [-0.25, -0.2) is 0 Å². The van der Waals surface area contributed by atoms with Gasteiger partial charge in [0, 0.05) is 5.02 Å². The van der Waals surface area contributed by atoms with Crippen LogP contribution in [-0.4, -0.2) is 16.0 Å². The third kappa shape index (κ3) is 3.35. The highest BCUT2D eigenvalue weighted by Gasteiger charge is 2.22. The highest BCUT2D eigenvalue weighted by Crippen LogP contribution is 2.23. The van der Waals surface area contributed by atoms with E-state index >= 15 is 0 Å². The summed E-state index contributed by atoms with van der Waals surface area (Å²) in [6.45, 7) is 0.488. The van der Waals surface area contributed by atoms with Gasteiger partial charge in [0.2, 0.25) is 0 Å². The Labute approximate surface area is 114 Å². The number of halogens is 2. The zero-order chi connectivity index (χ0) is 12.3. The Morgan fingerprint density at radius 3 is 2.71 bits per heavy atom. The number of alkyl halides is 1. The average molecular weight is 316 g/mol. The second-order valence-electron chi connectivity index (χ2n) is 3.78. The standard InChI is InChI=1S/C13H12BrClO2/c14-13-11(16)2-1-3-12(13)17-8-9-4-6-10(15)7-5-9/h1-7,12-13,16H,8H2. The van der Waals surface area contributed by atoms with Gasteiger partial charge >= 0.3 is 0 Å². The fraction of sp³-hybridized carbons (Fsp3) is 0.231. The molecule has 2 unspecified atom stereocenters. The lowest BCUT2D eigenvalue weighted by atomic mass is 10.1. The molecule has 0 saturated carbocycles. The fourth-order valence-corrected chi connectivity index (χ4v) is 2.14. The van der Waals surface area contributed by atoms with Crippen molar-refractivity contribution in [1.29, 1.82) is 0 Å². The summed E-state index contributed by atoms with van der Waals surface area (Å²) in [5, 5.41) is 10.3. The molecule has 1 N–H and O–H groups in total. The Bertz CT molecular complexity index is 439. The quantitative estimate of drug-likeness (QED) is 0.854. The molecule has 0 heterocycles. The van der Waals surface area contributed by atoms with Crippen molar-refractivity contribution in [1.82, 2.24) is 0 Å². The first kappa shape index (κ1) is 12.7. The van der Waals surface area contributed by atoms with Gasteiger partial charge < -0.3 is 9.84 Å². The van der Waals surface area contributed by atoms with E-state index in [0.29, 0.717) is 11.6 Å². The van der Waals surface area contributed by atoms with E-state index in [2.05, 4.69) is 15.9 Å². The van der Waals surface area contributed by atoms with Gasteiger partial charge in [-0.3, -0.25) is 0 Å². The van der Waals surface area contributed by atoms with Gasteiger partial charge in [-0.05, 0) is 23.8 Å². The van der Waals surface area contributed by atoms with E-state index in [1.807, 2.05) is 30.3 Å². The van der Waals surface area contributed by atoms with Gasteiger partial charge in [0.15, 0.2) is 0 Å². The summed E-state index contributed by atoms with van der Waals surface area (Å²) < 4.78 is 5.71. The number of ether oxygens (including phenoxy) is 1. The first-order valence-electron chi connectivity index (χ1n) is 5.24. The highest BCUT2D eigenvalue weighted by molar-refractivity contribution is 9.09. The SMILES string of the molecule is OC1=CC=CC(OCc2ccc(Cl)cc2)C1Br. The van der Waals surface area contributed by atoms with Crippen LogP contribution in [0, 0.1) is 0 Å². The molecule has 2 atom stereocenters. The van der Waals surface area contributed by atoms with Crippen molar-refractivity contribution in [2.75, 3.05) is 0 Å². The molecule has 17 heavy (non-hydrogen) atoms. The predicted octanol–water partition coefficient (Wildman–Crippen LogP) is 4.00. The molecule has 1 aliphatic carbocycles. The maximum Gasteiger partial charge on any atom is 0.109 e. The van der Waals surface area contributed by atoms with E-state index in [1.165, 1.54) is 0 Å². The molecule has 0 saturated heterocycles. The fourth-order valence-electron chi connectivity index (χ4n) is 1.53. The van der Waals surface area contributed by atoms with E-state index in [1.54, 1.807) is 12.2 Å². The number of aliphatic hydroxyl groups is 1. The molecule has 1 aliphatic rings. The Morgan fingerprint density at radius 1 is 1.29 bits per heavy atom. The second kappa shape index (κ2) is 5.71. The minimum absolute atomic E-state index is 0.157. The lowest BCUT2D eigenvalue weighted by molar-refractivity contribution is 0.0692. The van der Waals surface area contributed by atoms with Crippen LogP contribution >= 0.6 is 27.5 Å². The van der Waals surface area contributed by atoms with Crippen molar-refractivity contribution in [3.05, 3.63) is 58.8 Å². The number of hydrogen-bond donors (Lipinski definition) is 1. The molecule has 0 fully saturated rings. The van der Waals surface area contributed by atoms with Crippen molar-refractivity contribution in [2.45, 2.75) is 17.5 Å². The zero-order valence-corrected chi connectivity index (χ0v) is 11.4. The predicted molar refractivity (Wildman–Crippen MR) is 72.6 cm³/mol. The van der Waals surface area contributed by atoms with Crippen molar-refractivity contribution in [2.24, 2.45) is 0 Å². The van der Waals surface area contributed by atoms with Gasteiger partial charge in [0.25, 0.3) is 0 Å². The normalized spacial score (nSPS) is 23.5. The maximum absolute atomic E-state index is 9.55. The first-order valence-corrected chi connectivity index (χ1v) is 6.53. The monoisotopic (exact) mass is 314 g/mol. The van der Waals surface area contributed by atoms with Crippen molar-refractivity contribution in [3.8, 4) is 0 Å². The number of allylic oxidation sites excluding steroid dienone is 2. The minimum atomic E-state index is -0.181. The second-order valence-corrected chi connectivity index (χ2v) is 5.20. The molecule has 2 nitrogen and oxygen atoms in total. The number of aliphatic hydroxyl groups excluding tert-OH is 1. The Balaban J connectivity index is 1.93. The van der Waals surface area contributed by atoms with Crippen molar-refractivity contribution < 1.29 is 9.84 Å². The third-order valence-corrected chi connectivity index (χ3v) is 3.74. The van der Waals surface area contributed by atoms with Gasteiger partial charge in [0.05, 0.1) is 12.7 Å². The Hall–Kier alpha value is -0.770. The minimum Gasteiger partial charge on any atom is -0.511 e. The van der Waals surface area contributed by atoms with Crippen LogP contribution in [0.1, 0.15) is 5.56 Å². The maximum atomic E-state index is 9.55. The van der Waals surface area contributed by atoms with Crippen molar-refractivity contribution in [3.63, 3.8) is 0 Å². The molecule has 2 rings (SSSR count). The molecule has 1 aromatic carbocycles. The molecule has 0 amide bonds. The Morgan fingerprint density at radius 2 is 2.00 bits per heavy atom. The van der Waals surface area contributed by atoms with E-state index in [-0.39, 0.29) is 16.7 Å². The average Bonchev–Trinajstić information content (AvgIpc) is 2.33. The van der Waals surface area contributed by atoms with Gasteiger partial charge in [0.1, 0.15) is 10.6 Å². The summed E-state index contributed by atoms with van der Waals surface area (Å²) in [6, 6.07) is 7.52. The van der Waals surface area contributed by atoms with Crippen LogP contribution in [0.15, 0.2) is 48.3 Å². The van der Waals surface area contributed by atoms with Crippen molar-refractivity contribution >= 4 is 27.5 Å².